The van der Waals surface area contributed by atoms with Gasteiger partial charge in [-0.2, -0.15) is 0 Å². The molecule has 1 saturated heterocycles. The van der Waals surface area contributed by atoms with Crippen LogP contribution in [0.1, 0.15) is 19.8 Å². The van der Waals surface area contributed by atoms with Gasteiger partial charge in [-0.05, 0) is 25.7 Å². The summed E-state index contributed by atoms with van der Waals surface area (Å²) in [6.07, 6.45) is 3.82. The maximum absolute atomic E-state index is 5.34. The summed E-state index contributed by atoms with van der Waals surface area (Å²) in [5.74, 6) is 2.13. The topological polar surface area (TPSA) is 56.3 Å². The first-order valence-corrected chi connectivity index (χ1v) is 6.15. The lowest BCUT2D eigenvalue weighted by Gasteiger charge is -2.09. The molecule has 0 aromatic carbocycles. The summed E-state index contributed by atoms with van der Waals surface area (Å²) in [6.45, 7) is 5.28. The van der Waals surface area contributed by atoms with Crippen molar-refractivity contribution in [1.82, 2.24) is 9.97 Å². The first-order valence-electron chi connectivity index (χ1n) is 6.15. The highest BCUT2D eigenvalue weighted by atomic mass is 16.5. The van der Waals surface area contributed by atoms with E-state index in [0.717, 1.165) is 32.0 Å². The van der Waals surface area contributed by atoms with Crippen molar-refractivity contribution in [2.75, 3.05) is 31.7 Å². The number of nitrogens with zero attached hydrogens (tertiary/aromatic N) is 2. The molecule has 1 aliphatic heterocycles. The summed E-state index contributed by atoms with van der Waals surface area (Å²) in [7, 11) is 0. The van der Waals surface area contributed by atoms with Gasteiger partial charge in [0.25, 0.3) is 0 Å². The summed E-state index contributed by atoms with van der Waals surface area (Å²) >= 11 is 0. The fourth-order valence-corrected chi connectivity index (χ4v) is 1.88. The molecule has 0 saturated carbocycles. The summed E-state index contributed by atoms with van der Waals surface area (Å²) in [5, 5.41) is 3.28. The molecule has 94 valence electrons. The SMILES string of the molecule is CCOc1cc(NCCC2CCOC2)ncn1. The zero-order valence-corrected chi connectivity index (χ0v) is 10.2. The monoisotopic (exact) mass is 237 g/mol. The van der Waals surface area contributed by atoms with Gasteiger partial charge in [-0.3, -0.25) is 0 Å². The van der Waals surface area contributed by atoms with Crippen LogP contribution in [0, 0.1) is 5.92 Å². The summed E-state index contributed by atoms with van der Waals surface area (Å²) in [5.41, 5.74) is 0. The number of ether oxygens (including phenoxy) is 2. The molecular weight excluding hydrogens is 218 g/mol. The number of aromatic nitrogens is 2. The maximum Gasteiger partial charge on any atom is 0.218 e. The van der Waals surface area contributed by atoms with E-state index in [4.69, 9.17) is 9.47 Å². The molecule has 17 heavy (non-hydrogen) atoms. The lowest BCUT2D eigenvalue weighted by molar-refractivity contribution is 0.185. The van der Waals surface area contributed by atoms with Gasteiger partial charge in [0, 0.05) is 25.8 Å². The molecule has 1 aliphatic rings. The van der Waals surface area contributed by atoms with E-state index in [9.17, 15) is 0 Å². The number of hydrogen-bond acceptors (Lipinski definition) is 5. The molecular formula is C12H19N3O2. The predicted molar refractivity (Wildman–Crippen MR) is 65.2 cm³/mol. The third kappa shape index (κ3) is 3.85. The zero-order chi connectivity index (χ0) is 11.9. The minimum absolute atomic E-state index is 0.620. The third-order valence-corrected chi connectivity index (χ3v) is 2.82. The number of hydrogen-bond donors (Lipinski definition) is 1. The smallest absolute Gasteiger partial charge is 0.218 e. The average Bonchev–Trinajstić information content (AvgIpc) is 2.83. The normalized spacial score (nSPS) is 19.2. The van der Waals surface area contributed by atoms with Crippen molar-refractivity contribution in [2.24, 2.45) is 5.92 Å². The first-order chi connectivity index (χ1) is 8.38. The largest absolute Gasteiger partial charge is 0.478 e. The zero-order valence-electron chi connectivity index (χ0n) is 10.2. The second-order valence-corrected chi connectivity index (χ2v) is 4.12. The van der Waals surface area contributed by atoms with Gasteiger partial charge in [-0.15, -0.1) is 0 Å². The van der Waals surface area contributed by atoms with Gasteiger partial charge in [-0.1, -0.05) is 0 Å². The highest BCUT2D eigenvalue weighted by Gasteiger charge is 2.14. The van der Waals surface area contributed by atoms with Gasteiger partial charge >= 0.3 is 0 Å². The number of nitrogens with one attached hydrogen (secondary N) is 1. The Bertz CT molecular complexity index is 340. The molecule has 0 bridgehead atoms. The van der Waals surface area contributed by atoms with Crippen LogP contribution in [0.15, 0.2) is 12.4 Å². The van der Waals surface area contributed by atoms with Gasteiger partial charge in [0.2, 0.25) is 5.88 Å². The van der Waals surface area contributed by atoms with Crippen molar-refractivity contribution in [3.05, 3.63) is 12.4 Å². The van der Waals surface area contributed by atoms with Gasteiger partial charge < -0.3 is 14.8 Å². The molecule has 0 aliphatic carbocycles. The Morgan fingerprint density at radius 3 is 3.24 bits per heavy atom. The molecule has 1 fully saturated rings. The Balaban J connectivity index is 1.75. The average molecular weight is 237 g/mol. The summed E-state index contributed by atoms with van der Waals surface area (Å²) in [4.78, 5) is 8.17. The van der Waals surface area contributed by atoms with E-state index < -0.39 is 0 Å². The highest BCUT2D eigenvalue weighted by Crippen LogP contribution is 2.16. The van der Waals surface area contributed by atoms with Crippen LogP contribution in [0.5, 0.6) is 5.88 Å². The van der Waals surface area contributed by atoms with E-state index in [2.05, 4.69) is 15.3 Å². The van der Waals surface area contributed by atoms with Crippen LogP contribution in [0.2, 0.25) is 0 Å². The van der Waals surface area contributed by atoms with Crippen molar-refractivity contribution in [2.45, 2.75) is 19.8 Å². The number of anilines is 1. The van der Waals surface area contributed by atoms with Gasteiger partial charge in [0.05, 0.1) is 6.61 Å². The van der Waals surface area contributed by atoms with Crippen molar-refractivity contribution >= 4 is 5.82 Å². The Morgan fingerprint density at radius 2 is 2.47 bits per heavy atom. The van der Waals surface area contributed by atoms with Crippen LogP contribution >= 0.6 is 0 Å². The summed E-state index contributed by atoms with van der Waals surface area (Å²) < 4.78 is 10.7. The van der Waals surface area contributed by atoms with E-state index in [0.29, 0.717) is 18.4 Å². The van der Waals surface area contributed by atoms with Gasteiger partial charge in [0.1, 0.15) is 12.1 Å². The first kappa shape index (κ1) is 12.1. The maximum atomic E-state index is 5.34. The third-order valence-electron chi connectivity index (χ3n) is 2.82. The predicted octanol–water partition coefficient (Wildman–Crippen LogP) is 1.71. The van der Waals surface area contributed by atoms with E-state index in [-0.39, 0.29) is 0 Å². The molecule has 2 heterocycles. The van der Waals surface area contributed by atoms with E-state index in [1.165, 1.54) is 12.7 Å². The fraction of sp³-hybridized carbons (Fsp3) is 0.667. The van der Waals surface area contributed by atoms with Crippen LogP contribution in [0.4, 0.5) is 5.82 Å². The molecule has 0 amide bonds. The number of rotatable bonds is 6. The molecule has 2 rings (SSSR count). The Kier molecular flexibility index (Phi) is 4.55. The second-order valence-electron chi connectivity index (χ2n) is 4.12. The molecule has 5 heteroatoms. The van der Waals surface area contributed by atoms with Crippen molar-refractivity contribution in [1.29, 1.82) is 0 Å². The lowest BCUT2D eigenvalue weighted by Crippen LogP contribution is -2.10. The molecule has 1 unspecified atom stereocenters. The molecule has 5 nitrogen and oxygen atoms in total. The summed E-state index contributed by atoms with van der Waals surface area (Å²) in [6, 6.07) is 1.83. The van der Waals surface area contributed by atoms with Crippen molar-refractivity contribution < 1.29 is 9.47 Å². The van der Waals surface area contributed by atoms with Crippen molar-refractivity contribution in [3.8, 4) is 5.88 Å². The minimum Gasteiger partial charge on any atom is -0.478 e. The Labute approximate surface area is 102 Å². The lowest BCUT2D eigenvalue weighted by atomic mass is 10.1. The Morgan fingerprint density at radius 1 is 1.53 bits per heavy atom. The molecule has 1 aromatic heterocycles. The van der Waals surface area contributed by atoms with Gasteiger partial charge in [0.15, 0.2) is 0 Å². The molecule has 1 atom stereocenters. The highest BCUT2D eigenvalue weighted by molar-refractivity contribution is 5.36. The molecule has 0 radical (unpaired) electrons. The standard InChI is InChI=1S/C12H19N3O2/c1-2-17-12-7-11(14-9-15-12)13-5-3-10-4-6-16-8-10/h7,9-10H,2-6,8H2,1H3,(H,13,14,15). The van der Waals surface area contributed by atoms with Crippen molar-refractivity contribution in [3.63, 3.8) is 0 Å². The van der Waals surface area contributed by atoms with Crippen LogP contribution in [-0.2, 0) is 4.74 Å². The van der Waals surface area contributed by atoms with Crippen LogP contribution in [0.25, 0.3) is 0 Å². The van der Waals surface area contributed by atoms with Crippen LogP contribution in [0.3, 0.4) is 0 Å². The minimum atomic E-state index is 0.620. The van der Waals surface area contributed by atoms with E-state index >= 15 is 0 Å². The molecule has 1 aromatic rings. The Hall–Kier alpha value is -1.36. The molecule has 1 N–H and O–H groups in total. The quantitative estimate of drug-likeness (QED) is 0.816. The van der Waals surface area contributed by atoms with Crippen LogP contribution < -0.4 is 10.1 Å². The fourth-order valence-electron chi connectivity index (χ4n) is 1.88. The second kappa shape index (κ2) is 6.39. The van der Waals surface area contributed by atoms with E-state index in [1.807, 2.05) is 13.0 Å². The van der Waals surface area contributed by atoms with Crippen LogP contribution in [-0.4, -0.2) is 36.3 Å². The molecule has 0 spiro atoms. The van der Waals surface area contributed by atoms with E-state index in [1.54, 1.807) is 0 Å². The van der Waals surface area contributed by atoms with Gasteiger partial charge in [-0.25, -0.2) is 9.97 Å².